The van der Waals surface area contributed by atoms with Gasteiger partial charge in [-0.2, -0.15) is 0 Å². The van der Waals surface area contributed by atoms with Gasteiger partial charge in [0.05, 0.1) is 23.1 Å². The molecule has 2 amide bonds. The zero-order valence-electron chi connectivity index (χ0n) is 17.3. The van der Waals surface area contributed by atoms with Crippen LogP contribution in [-0.2, 0) is 10.0 Å². The number of amides is 2. The molecular formula is C21H24FN3O5S. The Labute approximate surface area is 180 Å². The van der Waals surface area contributed by atoms with E-state index in [0.717, 1.165) is 18.2 Å². The number of nitrogens with zero attached hydrogens (tertiary/aromatic N) is 2. The van der Waals surface area contributed by atoms with Crippen molar-refractivity contribution in [3.63, 3.8) is 0 Å². The van der Waals surface area contributed by atoms with Gasteiger partial charge in [0, 0.05) is 26.2 Å². The molecule has 2 aromatic carbocycles. The first-order chi connectivity index (χ1) is 14.8. The minimum Gasteiger partial charge on any atom is -0.496 e. The number of nitrogens with one attached hydrogen (secondary N) is 1. The first-order valence-electron chi connectivity index (χ1n) is 9.73. The first kappa shape index (κ1) is 22.7. The lowest BCUT2D eigenvalue weighted by Gasteiger charge is -2.23. The number of carbonyl (C=O) groups excluding carboxylic acids is 2. The summed E-state index contributed by atoms with van der Waals surface area (Å²) < 4.78 is 45.8. The fraction of sp³-hybridized carbons (Fsp3) is 0.333. The number of para-hydroxylation sites is 1. The van der Waals surface area contributed by atoms with Crippen LogP contribution in [0.2, 0.25) is 0 Å². The Morgan fingerprint density at radius 2 is 1.58 bits per heavy atom. The highest BCUT2D eigenvalue weighted by Crippen LogP contribution is 2.21. The van der Waals surface area contributed by atoms with Gasteiger partial charge < -0.3 is 14.5 Å². The van der Waals surface area contributed by atoms with E-state index in [9.17, 15) is 22.4 Å². The molecule has 0 spiro atoms. The van der Waals surface area contributed by atoms with Crippen molar-refractivity contribution >= 4 is 21.8 Å². The van der Waals surface area contributed by atoms with Crippen LogP contribution in [0.3, 0.4) is 0 Å². The fourth-order valence-electron chi connectivity index (χ4n) is 3.44. The normalized spacial score (nSPS) is 14.8. The predicted molar refractivity (Wildman–Crippen MR) is 112 cm³/mol. The van der Waals surface area contributed by atoms with Crippen LogP contribution in [0.25, 0.3) is 0 Å². The zero-order chi connectivity index (χ0) is 22.6. The maximum absolute atomic E-state index is 14.3. The highest BCUT2D eigenvalue weighted by atomic mass is 32.2. The average Bonchev–Trinajstić information content (AvgIpc) is 3.04. The van der Waals surface area contributed by atoms with Crippen LogP contribution >= 0.6 is 0 Å². The van der Waals surface area contributed by atoms with E-state index in [0.29, 0.717) is 30.8 Å². The summed E-state index contributed by atoms with van der Waals surface area (Å²) in [5.41, 5.74) is 0.113. The lowest BCUT2D eigenvalue weighted by atomic mass is 10.1. The molecule has 31 heavy (non-hydrogen) atoms. The molecule has 0 aliphatic carbocycles. The van der Waals surface area contributed by atoms with Crippen molar-refractivity contribution in [2.24, 2.45) is 0 Å². The van der Waals surface area contributed by atoms with E-state index < -0.39 is 21.7 Å². The Morgan fingerprint density at radius 3 is 2.19 bits per heavy atom. The molecule has 0 bridgehead atoms. The van der Waals surface area contributed by atoms with Crippen molar-refractivity contribution < 1.29 is 27.1 Å². The number of carbonyl (C=O) groups is 2. The van der Waals surface area contributed by atoms with Gasteiger partial charge in [0.1, 0.15) is 11.6 Å². The molecule has 3 rings (SSSR count). The summed E-state index contributed by atoms with van der Waals surface area (Å²) >= 11 is 0. The maximum atomic E-state index is 14.3. The fourth-order valence-corrected chi connectivity index (χ4v) is 4.19. The Balaban J connectivity index is 1.77. The average molecular weight is 450 g/mol. The molecule has 1 aliphatic heterocycles. The van der Waals surface area contributed by atoms with E-state index in [1.54, 1.807) is 29.2 Å². The number of methoxy groups -OCH3 is 1. The molecule has 1 heterocycles. The highest BCUT2D eigenvalue weighted by molar-refractivity contribution is 7.89. The first-order valence-corrected chi connectivity index (χ1v) is 11.2. The van der Waals surface area contributed by atoms with Crippen LogP contribution in [-0.4, -0.2) is 70.4 Å². The molecule has 8 nitrogen and oxygen atoms in total. The van der Waals surface area contributed by atoms with Crippen molar-refractivity contribution in [3.8, 4) is 5.75 Å². The quantitative estimate of drug-likeness (QED) is 0.750. The lowest BCUT2D eigenvalue weighted by Crippen LogP contribution is -2.37. The molecule has 1 saturated heterocycles. The van der Waals surface area contributed by atoms with Crippen LogP contribution in [0.15, 0.2) is 47.4 Å². The van der Waals surface area contributed by atoms with Crippen molar-refractivity contribution in [1.82, 2.24) is 14.5 Å². The van der Waals surface area contributed by atoms with Crippen LogP contribution in [0.5, 0.6) is 5.75 Å². The molecule has 0 radical (unpaired) electrons. The predicted octanol–water partition coefficient (Wildman–Crippen LogP) is 1.73. The SMILES string of the molecule is CNS(=O)(=O)c1ccc(F)c(C(=O)N2CCCN(C(=O)c3ccccc3OC)CC2)c1. The second-order valence-corrected chi connectivity index (χ2v) is 8.87. The molecule has 2 aromatic rings. The number of rotatable bonds is 5. The number of benzene rings is 2. The highest BCUT2D eigenvalue weighted by Gasteiger charge is 2.27. The molecule has 0 unspecified atom stereocenters. The van der Waals surface area contributed by atoms with Crippen LogP contribution < -0.4 is 9.46 Å². The summed E-state index contributed by atoms with van der Waals surface area (Å²) in [6.07, 6.45) is 0.503. The van der Waals surface area contributed by atoms with E-state index in [2.05, 4.69) is 4.72 Å². The number of ether oxygens (including phenoxy) is 1. The second-order valence-electron chi connectivity index (χ2n) is 6.99. The number of hydrogen-bond donors (Lipinski definition) is 1. The van der Waals surface area contributed by atoms with Gasteiger partial charge in [-0.15, -0.1) is 0 Å². The summed E-state index contributed by atoms with van der Waals surface area (Å²) in [5.74, 6) is -1.15. The molecule has 10 heteroatoms. The van der Waals surface area contributed by atoms with Crippen LogP contribution in [0, 0.1) is 5.82 Å². The van der Waals surface area contributed by atoms with Crippen molar-refractivity contribution in [1.29, 1.82) is 0 Å². The van der Waals surface area contributed by atoms with Gasteiger partial charge in [-0.1, -0.05) is 12.1 Å². The molecule has 166 valence electrons. The number of halogens is 1. The van der Waals surface area contributed by atoms with Gasteiger partial charge in [0.25, 0.3) is 11.8 Å². The largest absolute Gasteiger partial charge is 0.496 e. The molecule has 0 saturated carbocycles. The van der Waals surface area contributed by atoms with Crippen LogP contribution in [0.1, 0.15) is 27.1 Å². The third kappa shape index (κ3) is 4.86. The Morgan fingerprint density at radius 1 is 0.968 bits per heavy atom. The lowest BCUT2D eigenvalue weighted by molar-refractivity contribution is 0.0714. The summed E-state index contributed by atoms with van der Waals surface area (Å²) in [6.45, 7) is 1.20. The van der Waals surface area contributed by atoms with Gasteiger partial charge in [0.2, 0.25) is 10.0 Å². The topological polar surface area (TPSA) is 96.0 Å². The summed E-state index contributed by atoms with van der Waals surface area (Å²) in [6, 6.07) is 10.0. The molecule has 0 aromatic heterocycles. The Hall–Kier alpha value is -2.98. The molecule has 1 aliphatic rings. The number of hydrogen-bond acceptors (Lipinski definition) is 5. The van der Waals surface area contributed by atoms with E-state index >= 15 is 0 Å². The minimum absolute atomic E-state index is 0.192. The van der Waals surface area contributed by atoms with E-state index in [1.807, 2.05) is 0 Å². The smallest absolute Gasteiger partial charge is 0.257 e. The molecule has 0 atom stereocenters. The second kappa shape index (κ2) is 9.44. The van der Waals surface area contributed by atoms with Gasteiger partial charge in [-0.3, -0.25) is 9.59 Å². The van der Waals surface area contributed by atoms with Gasteiger partial charge >= 0.3 is 0 Å². The summed E-state index contributed by atoms with van der Waals surface area (Å²) in [4.78, 5) is 28.7. The summed E-state index contributed by atoms with van der Waals surface area (Å²) in [5, 5.41) is 0. The van der Waals surface area contributed by atoms with E-state index in [1.165, 1.54) is 19.1 Å². The Bertz CT molecular complexity index is 1090. The third-order valence-corrected chi connectivity index (χ3v) is 6.57. The van der Waals surface area contributed by atoms with Crippen LogP contribution in [0.4, 0.5) is 4.39 Å². The monoisotopic (exact) mass is 449 g/mol. The standard InChI is InChI=1S/C21H24FN3O5S/c1-23-31(28,29)15-8-9-18(22)17(14-15)21(27)25-11-5-10-24(12-13-25)20(26)16-6-3-4-7-19(16)30-2/h3-4,6-9,14,23H,5,10-13H2,1-2H3. The van der Waals surface area contributed by atoms with Gasteiger partial charge in [-0.25, -0.2) is 17.5 Å². The Kier molecular flexibility index (Phi) is 6.91. The van der Waals surface area contributed by atoms with Gasteiger partial charge in [0.15, 0.2) is 0 Å². The number of sulfonamides is 1. The van der Waals surface area contributed by atoms with Crippen molar-refractivity contribution in [2.75, 3.05) is 40.3 Å². The molecule has 1 N–H and O–H groups in total. The van der Waals surface area contributed by atoms with E-state index in [4.69, 9.17) is 4.74 Å². The third-order valence-electron chi connectivity index (χ3n) is 5.15. The van der Waals surface area contributed by atoms with Gasteiger partial charge in [-0.05, 0) is 43.8 Å². The summed E-state index contributed by atoms with van der Waals surface area (Å²) in [7, 11) is -1.09. The minimum atomic E-state index is -3.82. The molecular weight excluding hydrogens is 425 g/mol. The van der Waals surface area contributed by atoms with E-state index in [-0.39, 0.29) is 29.5 Å². The zero-order valence-corrected chi connectivity index (χ0v) is 18.1. The molecule has 1 fully saturated rings. The maximum Gasteiger partial charge on any atom is 0.257 e. The van der Waals surface area contributed by atoms with Crippen molar-refractivity contribution in [3.05, 3.63) is 59.4 Å². The van der Waals surface area contributed by atoms with Crippen molar-refractivity contribution in [2.45, 2.75) is 11.3 Å².